The molecule has 0 radical (unpaired) electrons. The molecule has 1 aliphatic rings. The van der Waals surface area contributed by atoms with Crippen LogP contribution in [0.2, 0.25) is 0 Å². The van der Waals surface area contributed by atoms with E-state index in [1.54, 1.807) is 7.11 Å². The maximum Gasteiger partial charge on any atom is 0.246 e. The van der Waals surface area contributed by atoms with E-state index in [1.807, 2.05) is 24.3 Å². The van der Waals surface area contributed by atoms with Gasteiger partial charge >= 0.3 is 0 Å². The minimum Gasteiger partial charge on any atom is -0.492 e. The van der Waals surface area contributed by atoms with Gasteiger partial charge in [0.1, 0.15) is 12.4 Å². The Morgan fingerprint density at radius 1 is 1.43 bits per heavy atom. The highest BCUT2D eigenvalue weighted by molar-refractivity contribution is 5.79. The third-order valence-electron chi connectivity index (χ3n) is 3.70. The molecule has 1 N–H and O–H groups in total. The Bertz CT molecular complexity index is 671. The molecule has 0 saturated carbocycles. The molecule has 3 rings (SSSR count). The van der Waals surface area contributed by atoms with Crippen molar-refractivity contribution in [3.8, 4) is 5.75 Å². The van der Waals surface area contributed by atoms with Crippen molar-refractivity contribution in [1.29, 1.82) is 0 Å². The van der Waals surface area contributed by atoms with E-state index in [1.165, 1.54) is 0 Å². The Morgan fingerprint density at radius 3 is 3.17 bits per heavy atom. The number of carbonyl (C=O) groups is 1. The second kappa shape index (κ2) is 7.23. The van der Waals surface area contributed by atoms with Gasteiger partial charge in [-0.05, 0) is 18.1 Å². The molecule has 122 valence electrons. The molecule has 1 aliphatic heterocycles. The topological polar surface area (TPSA) is 86.5 Å². The molecule has 0 spiro atoms. The Labute approximate surface area is 134 Å². The van der Waals surface area contributed by atoms with Crippen molar-refractivity contribution in [2.75, 3.05) is 20.3 Å². The van der Waals surface area contributed by atoms with Crippen LogP contribution in [0.25, 0.3) is 0 Å². The highest BCUT2D eigenvalue weighted by Crippen LogP contribution is 2.26. The summed E-state index contributed by atoms with van der Waals surface area (Å²) in [4.78, 5) is 16.5. The summed E-state index contributed by atoms with van der Waals surface area (Å²) in [6.07, 6.45) is 1.26. The van der Waals surface area contributed by atoms with Crippen molar-refractivity contribution in [1.82, 2.24) is 15.5 Å². The Balaban J connectivity index is 1.51. The van der Waals surface area contributed by atoms with Gasteiger partial charge in [-0.15, -0.1) is 0 Å². The van der Waals surface area contributed by atoms with Gasteiger partial charge in [0.25, 0.3) is 0 Å². The number of rotatable bonds is 6. The highest BCUT2D eigenvalue weighted by Gasteiger charge is 2.25. The number of benzene rings is 1. The minimum atomic E-state index is -0.208. The molecule has 0 unspecified atom stereocenters. The number of ether oxygens (including phenoxy) is 2. The van der Waals surface area contributed by atoms with E-state index in [0.29, 0.717) is 37.8 Å². The zero-order valence-corrected chi connectivity index (χ0v) is 12.9. The lowest BCUT2D eigenvalue weighted by atomic mass is 9.96. The average Bonchev–Trinajstić information content (AvgIpc) is 3.05. The molecule has 0 saturated heterocycles. The largest absolute Gasteiger partial charge is 0.492 e. The van der Waals surface area contributed by atoms with Gasteiger partial charge < -0.3 is 19.3 Å². The third kappa shape index (κ3) is 3.87. The van der Waals surface area contributed by atoms with Crippen molar-refractivity contribution in [3.63, 3.8) is 0 Å². The van der Waals surface area contributed by atoms with Gasteiger partial charge in [0.05, 0.1) is 19.1 Å². The van der Waals surface area contributed by atoms with Crippen LogP contribution in [-0.2, 0) is 28.9 Å². The number of amides is 1. The fraction of sp³-hybridized carbons (Fsp3) is 0.438. The lowest BCUT2D eigenvalue weighted by Gasteiger charge is -2.24. The second-order valence-corrected chi connectivity index (χ2v) is 5.38. The molecule has 0 bridgehead atoms. The van der Waals surface area contributed by atoms with Crippen molar-refractivity contribution >= 4 is 5.91 Å². The normalized spacial score (nSPS) is 16.5. The lowest BCUT2D eigenvalue weighted by Crippen LogP contribution is -2.37. The maximum atomic E-state index is 12.3. The molecule has 0 fully saturated rings. The molecule has 1 atom stereocenters. The predicted octanol–water partition coefficient (Wildman–Crippen LogP) is 1.13. The fourth-order valence-corrected chi connectivity index (χ4v) is 2.46. The first-order valence-corrected chi connectivity index (χ1v) is 7.55. The quantitative estimate of drug-likeness (QED) is 0.859. The van der Waals surface area contributed by atoms with E-state index in [9.17, 15) is 4.79 Å². The number of fused-ring (bicyclic) bond motifs is 1. The van der Waals surface area contributed by atoms with Gasteiger partial charge in [-0.25, -0.2) is 0 Å². The van der Waals surface area contributed by atoms with Crippen molar-refractivity contribution in [3.05, 3.63) is 41.5 Å². The molecular formula is C16H19N3O4. The first-order valence-electron chi connectivity index (χ1n) is 7.55. The molecule has 1 aromatic carbocycles. The van der Waals surface area contributed by atoms with E-state index in [0.717, 1.165) is 11.3 Å². The first kappa shape index (κ1) is 15.5. The SMILES string of the molecule is COCCc1noc(CNC(=O)[C@H]2COc3ccccc3C2)n1. The van der Waals surface area contributed by atoms with Crippen LogP contribution in [0, 0.1) is 5.92 Å². The Hall–Kier alpha value is -2.41. The smallest absolute Gasteiger partial charge is 0.246 e. The van der Waals surface area contributed by atoms with Gasteiger partial charge in [-0.1, -0.05) is 23.4 Å². The number of hydrogen-bond donors (Lipinski definition) is 1. The van der Waals surface area contributed by atoms with Gasteiger partial charge in [-0.2, -0.15) is 4.98 Å². The summed E-state index contributed by atoms with van der Waals surface area (Å²) in [6, 6.07) is 7.77. The van der Waals surface area contributed by atoms with E-state index < -0.39 is 0 Å². The van der Waals surface area contributed by atoms with Crippen LogP contribution < -0.4 is 10.1 Å². The van der Waals surface area contributed by atoms with Crippen LogP contribution in [0.4, 0.5) is 0 Å². The molecule has 1 aromatic heterocycles. The molecule has 2 aromatic rings. The van der Waals surface area contributed by atoms with Gasteiger partial charge in [-0.3, -0.25) is 4.79 Å². The summed E-state index contributed by atoms with van der Waals surface area (Å²) < 4.78 is 15.7. The molecule has 23 heavy (non-hydrogen) atoms. The highest BCUT2D eigenvalue weighted by atomic mass is 16.5. The summed E-state index contributed by atoms with van der Waals surface area (Å²) in [6.45, 7) is 1.13. The van der Waals surface area contributed by atoms with Crippen LogP contribution in [0.15, 0.2) is 28.8 Å². The van der Waals surface area contributed by atoms with Crippen LogP contribution in [0.5, 0.6) is 5.75 Å². The average molecular weight is 317 g/mol. The summed E-state index contributed by atoms with van der Waals surface area (Å²) in [5.74, 6) is 1.54. The van der Waals surface area contributed by atoms with Gasteiger partial charge in [0.15, 0.2) is 5.82 Å². The molecule has 7 heteroatoms. The van der Waals surface area contributed by atoms with Crippen LogP contribution >= 0.6 is 0 Å². The van der Waals surface area contributed by atoms with Gasteiger partial charge in [0, 0.05) is 13.5 Å². The first-order chi connectivity index (χ1) is 11.3. The number of methoxy groups -OCH3 is 1. The molecule has 0 aliphatic carbocycles. The van der Waals surface area contributed by atoms with E-state index in [4.69, 9.17) is 14.0 Å². The number of nitrogens with zero attached hydrogens (tertiary/aromatic N) is 2. The minimum absolute atomic E-state index is 0.0730. The fourth-order valence-electron chi connectivity index (χ4n) is 2.46. The summed E-state index contributed by atoms with van der Waals surface area (Å²) in [7, 11) is 1.62. The maximum absolute atomic E-state index is 12.3. The molecule has 1 amide bonds. The van der Waals surface area contributed by atoms with E-state index in [-0.39, 0.29) is 18.4 Å². The number of carbonyl (C=O) groups excluding carboxylic acids is 1. The van der Waals surface area contributed by atoms with Crippen LogP contribution in [0.1, 0.15) is 17.3 Å². The Morgan fingerprint density at radius 2 is 2.30 bits per heavy atom. The van der Waals surface area contributed by atoms with E-state index in [2.05, 4.69) is 15.5 Å². The van der Waals surface area contributed by atoms with Crippen LogP contribution in [0.3, 0.4) is 0 Å². The zero-order chi connectivity index (χ0) is 16.1. The molecule has 7 nitrogen and oxygen atoms in total. The monoisotopic (exact) mass is 317 g/mol. The van der Waals surface area contributed by atoms with Crippen LogP contribution in [-0.4, -0.2) is 36.4 Å². The molecule has 2 heterocycles. The number of para-hydroxylation sites is 1. The summed E-state index contributed by atoms with van der Waals surface area (Å²) >= 11 is 0. The number of aromatic nitrogens is 2. The summed E-state index contributed by atoms with van der Waals surface area (Å²) in [5.41, 5.74) is 1.05. The third-order valence-corrected chi connectivity index (χ3v) is 3.70. The van der Waals surface area contributed by atoms with Gasteiger partial charge in [0.2, 0.25) is 11.8 Å². The van der Waals surface area contributed by atoms with Crippen molar-refractivity contribution in [2.45, 2.75) is 19.4 Å². The summed E-state index contributed by atoms with van der Waals surface area (Å²) in [5, 5.41) is 6.65. The van der Waals surface area contributed by atoms with E-state index >= 15 is 0 Å². The standard InChI is InChI=1S/C16H19N3O4/c1-21-7-6-14-18-15(23-19-14)9-17-16(20)12-8-11-4-2-3-5-13(11)22-10-12/h2-5,12H,6-10H2,1H3,(H,17,20)/t12-/m1/s1. The zero-order valence-electron chi connectivity index (χ0n) is 12.9. The Kier molecular flexibility index (Phi) is 4.87. The van der Waals surface area contributed by atoms with Crippen molar-refractivity contribution in [2.24, 2.45) is 5.92 Å². The number of hydrogen-bond acceptors (Lipinski definition) is 6. The second-order valence-electron chi connectivity index (χ2n) is 5.38. The lowest BCUT2D eigenvalue weighted by molar-refractivity contribution is -0.126. The van der Waals surface area contributed by atoms with Crippen molar-refractivity contribution < 1.29 is 18.8 Å². The number of nitrogens with one attached hydrogen (secondary N) is 1. The predicted molar refractivity (Wildman–Crippen MR) is 80.9 cm³/mol. The molecular weight excluding hydrogens is 298 g/mol.